The van der Waals surface area contributed by atoms with E-state index in [1.165, 1.54) is 37.5 Å². The first kappa shape index (κ1) is 25.9. The van der Waals surface area contributed by atoms with Crippen LogP contribution in [0.4, 0.5) is 0 Å². The molecule has 0 heterocycles. The summed E-state index contributed by atoms with van der Waals surface area (Å²) in [5.74, 6) is -0.116. The molecule has 5 heteroatoms. The van der Waals surface area contributed by atoms with Crippen molar-refractivity contribution in [1.82, 2.24) is 0 Å². The molecule has 1 atom stereocenters. The lowest BCUT2D eigenvalue weighted by Crippen LogP contribution is -2.08. The molecule has 0 radical (unpaired) electrons. The first-order valence-electron chi connectivity index (χ1n) is 9.92. The van der Waals surface area contributed by atoms with Gasteiger partial charge in [0.25, 0.3) is 0 Å². The summed E-state index contributed by atoms with van der Waals surface area (Å²) >= 11 is 6.95. The van der Waals surface area contributed by atoms with Crippen molar-refractivity contribution >= 4 is 37.8 Å². The van der Waals surface area contributed by atoms with Gasteiger partial charge in [-0.1, -0.05) is 83.7 Å². The molecule has 152 valence electrons. The lowest BCUT2D eigenvalue weighted by Gasteiger charge is -2.15. The highest BCUT2D eigenvalue weighted by Gasteiger charge is 2.11. The fourth-order valence-electron chi connectivity index (χ4n) is 2.91. The molecule has 26 heavy (non-hydrogen) atoms. The summed E-state index contributed by atoms with van der Waals surface area (Å²) in [6.07, 6.45) is 13.0. The molecule has 0 aliphatic rings. The van der Waals surface area contributed by atoms with Crippen molar-refractivity contribution in [2.45, 2.75) is 96.5 Å². The highest BCUT2D eigenvalue weighted by Crippen LogP contribution is 2.26. The van der Waals surface area contributed by atoms with Crippen LogP contribution < -0.4 is 0 Å². The van der Waals surface area contributed by atoms with Crippen molar-refractivity contribution in [2.24, 2.45) is 0 Å². The Morgan fingerprint density at radius 2 is 1.50 bits per heavy atom. The number of aliphatic hydroxyl groups excluding tert-OH is 1. The molecule has 0 aliphatic carbocycles. The second-order valence-corrected chi connectivity index (χ2v) is 7.74. The molecular formula is C21H36Br2O3. The molecule has 3 nitrogen and oxygen atoms in total. The molecule has 0 aromatic rings. The number of carbonyl (C=O) groups is 1. The summed E-state index contributed by atoms with van der Waals surface area (Å²) < 4.78 is 4.65. The number of ether oxygens (including phenoxy) is 1. The van der Waals surface area contributed by atoms with E-state index in [-0.39, 0.29) is 12.1 Å². The van der Waals surface area contributed by atoms with E-state index in [4.69, 9.17) is 0 Å². The number of unbranched alkanes of at least 4 members (excludes halogenated alkanes) is 7. The van der Waals surface area contributed by atoms with Crippen molar-refractivity contribution in [3.8, 4) is 0 Å². The summed E-state index contributed by atoms with van der Waals surface area (Å²) in [6, 6.07) is 0. The quantitative estimate of drug-likeness (QED) is 0.140. The molecule has 0 amide bonds. The Bertz CT molecular complexity index is 419. The zero-order valence-corrected chi connectivity index (χ0v) is 19.6. The van der Waals surface area contributed by atoms with Gasteiger partial charge in [-0.15, -0.1) is 0 Å². The number of aliphatic hydroxyl groups is 1. The number of rotatable bonds is 16. The van der Waals surface area contributed by atoms with Crippen LogP contribution in [0.15, 0.2) is 21.1 Å². The van der Waals surface area contributed by atoms with Gasteiger partial charge in [-0.05, 0) is 53.2 Å². The Morgan fingerprint density at radius 3 is 2.08 bits per heavy atom. The molecule has 0 bridgehead atoms. The highest BCUT2D eigenvalue weighted by molar-refractivity contribution is 9.11. The smallest absolute Gasteiger partial charge is 0.305 e. The average Bonchev–Trinajstić information content (AvgIpc) is 2.65. The maximum absolute atomic E-state index is 11.1. The standard InChI is InChI=1S/C21H36Br2O3/c1-3-4-5-10-13-20(24)15-19(17-23)18(16-22)12-9-7-6-8-11-14-21(25)26-2/h16-17,20,24H,3-15H2,1-2H3. The average molecular weight is 496 g/mol. The third-order valence-corrected chi connectivity index (χ3v) is 5.68. The third-order valence-electron chi connectivity index (χ3n) is 4.58. The van der Waals surface area contributed by atoms with Crippen LogP contribution in [0, 0.1) is 0 Å². The lowest BCUT2D eigenvalue weighted by atomic mass is 9.95. The van der Waals surface area contributed by atoms with Crippen LogP contribution in [0.2, 0.25) is 0 Å². The molecule has 0 saturated carbocycles. The van der Waals surface area contributed by atoms with Gasteiger partial charge in [-0.3, -0.25) is 4.79 Å². The molecular weight excluding hydrogens is 460 g/mol. The Hall–Kier alpha value is -0.130. The number of esters is 1. The fraction of sp³-hybridized carbons (Fsp3) is 0.762. The van der Waals surface area contributed by atoms with E-state index < -0.39 is 0 Å². The summed E-state index contributed by atoms with van der Waals surface area (Å²) in [6.45, 7) is 2.20. The molecule has 1 unspecified atom stereocenters. The number of halogens is 2. The van der Waals surface area contributed by atoms with Crippen LogP contribution in [-0.4, -0.2) is 24.3 Å². The Balaban J connectivity index is 4.02. The first-order valence-corrected chi connectivity index (χ1v) is 11.8. The molecule has 0 aromatic heterocycles. The zero-order chi connectivity index (χ0) is 19.6. The van der Waals surface area contributed by atoms with E-state index in [0.717, 1.165) is 51.4 Å². The Morgan fingerprint density at radius 1 is 0.923 bits per heavy atom. The largest absolute Gasteiger partial charge is 0.469 e. The lowest BCUT2D eigenvalue weighted by molar-refractivity contribution is -0.140. The first-order chi connectivity index (χ1) is 12.6. The van der Waals surface area contributed by atoms with Crippen LogP contribution in [0.5, 0.6) is 0 Å². The van der Waals surface area contributed by atoms with E-state index in [0.29, 0.717) is 12.8 Å². The molecule has 0 fully saturated rings. The van der Waals surface area contributed by atoms with Gasteiger partial charge in [-0.25, -0.2) is 0 Å². The van der Waals surface area contributed by atoms with Crippen LogP contribution in [-0.2, 0) is 9.53 Å². The van der Waals surface area contributed by atoms with Crippen molar-refractivity contribution in [3.05, 3.63) is 21.1 Å². The van der Waals surface area contributed by atoms with Gasteiger partial charge >= 0.3 is 5.97 Å². The van der Waals surface area contributed by atoms with E-state index in [2.05, 4.69) is 43.5 Å². The normalized spacial score (nSPS) is 13.7. The van der Waals surface area contributed by atoms with E-state index in [1.54, 1.807) is 0 Å². The summed E-state index contributed by atoms with van der Waals surface area (Å²) in [7, 11) is 1.44. The molecule has 0 aliphatic heterocycles. The molecule has 0 saturated heterocycles. The van der Waals surface area contributed by atoms with Crippen LogP contribution in [0.25, 0.3) is 0 Å². The maximum atomic E-state index is 11.1. The second kappa shape index (κ2) is 18.2. The predicted molar refractivity (Wildman–Crippen MR) is 118 cm³/mol. The van der Waals surface area contributed by atoms with E-state index in [1.807, 2.05) is 9.97 Å². The molecule has 1 N–H and O–H groups in total. The van der Waals surface area contributed by atoms with Crippen LogP contribution >= 0.6 is 31.9 Å². The van der Waals surface area contributed by atoms with E-state index >= 15 is 0 Å². The maximum Gasteiger partial charge on any atom is 0.305 e. The van der Waals surface area contributed by atoms with Crippen molar-refractivity contribution < 1.29 is 14.6 Å². The molecule has 0 aromatic carbocycles. The second-order valence-electron chi connectivity index (χ2n) is 6.82. The van der Waals surface area contributed by atoms with E-state index in [9.17, 15) is 9.90 Å². The van der Waals surface area contributed by atoms with Gasteiger partial charge in [0.1, 0.15) is 0 Å². The van der Waals surface area contributed by atoms with Gasteiger partial charge in [0.05, 0.1) is 13.2 Å². The SMILES string of the molecule is CCCCCCC(O)CC(=CBr)C(=CBr)CCCCCCCC(=O)OC. The van der Waals surface area contributed by atoms with Crippen molar-refractivity contribution in [3.63, 3.8) is 0 Å². The zero-order valence-electron chi connectivity index (χ0n) is 16.4. The minimum absolute atomic E-state index is 0.116. The topological polar surface area (TPSA) is 46.5 Å². The third kappa shape index (κ3) is 14.0. The van der Waals surface area contributed by atoms with Crippen LogP contribution in [0.3, 0.4) is 0 Å². The molecule has 0 spiro atoms. The minimum Gasteiger partial charge on any atom is -0.469 e. The minimum atomic E-state index is -0.267. The summed E-state index contributed by atoms with van der Waals surface area (Å²) in [5, 5.41) is 10.3. The van der Waals surface area contributed by atoms with Gasteiger partial charge in [0, 0.05) is 6.42 Å². The number of carbonyl (C=O) groups excluding carboxylic acids is 1. The van der Waals surface area contributed by atoms with Crippen molar-refractivity contribution in [2.75, 3.05) is 7.11 Å². The Labute approximate surface area is 176 Å². The van der Waals surface area contributed by atoms with Crippen LogP contribution in [0.1, 0.15) is 90.4 Å². The Kier molecular flexibility index (Phi) is 18.2. The number of methoxy groups -OCH3 is 1. The predicted octanol–water partition coefficient (Wildman–Crippen LogP) is 7.17. The van der Waals surface area contributed by atoms with Gasteiger partial charge in [0.2, 0.25) is 0 Å². The summed E-state index contributed by atoms with van der Waals surface area (Å²) in [5.41, 5.74) is 2.43. The summed E-state index contributed by atoms with van der Waals surface area (Å²) in [4.78, 5) is 15.0. The fourth-order valence-corrected chi connectivity index (χ4v) is 3.91. The number of allylic oxidation sites excluding steroid dienone is 1. The number of hydrogen-bond acceptors (Lipinski definition) is 3. The van der Waals surface area contributed by atoms with Gasteiger partial charge < -0.3 is 9.84 Å². The van der Waals surface area contributed by atoms with Gasteiger partial charge in [-0.2, -0.15) is 0 Å². The monoisotopic (exact) mass is 494 g/mol. The molecule has 0 rings (SSSR count). The highest BCUT2D eigenvalue weighted by atomic mass is 79.9. The van der Waals surface area contributed by atoms with Gasteiger partial charge in [0.15, 0.2) is 0 Å². The van der Waals surface area contributed by atoms with Crippen molar-refractivity contribution in [1.29, 1.82) is 0 Å². The number of hydrogen-bond donors (Lipinski definition) is 1.